The van der Waals surface area contributed by atoms with E-state index >= 15 is 0 Å². The Morgan fingerprint density at radius 2 is 2.29 bits per heavy atom. The van der Waals surface area contributed by atoms with Crippen LogP contribution in [-0.2, 0) is 11.2 Å². The van der Waals surface area contributed by atoms with E-state index in [4.69, 9.17) is 16.9 Å². The quantitative estimate of drug-likeness (QED) is 0.833. The molecule has 0 spiro atoms. The summed E-state index contributed by atoms with van der Waals surface area (Å²) in [5, 5.41) is 12.6. The number of hydrogen-bond donors (Lipinski definition) is 1. The first-order valence-corrected chi connectivity index (χ1v) is 6.87. The monoisotopic (exact) mass is 270 g/mol. The number of nitrogens with zero attached hydrogens (tertiary/aromatic N) is 1. The van der Waals surface area contributed by atoms with E-state index in [0.717, 1.165) is 16.9 Å². The maximum absolute atomic E-state index is 11.6. The number of carbonyl (C=O) groups is 1. The Morgan fingerprint density at radius 3 is 2.82 bits per heavy atom. The summed E-state index contributed by atoms with van der Waals surface area (Å²) in [7, 11) is 0. The summed E-state index contributed by atoms with van der Waals surface area (Å²) in [6.07, 6.45) is 1.86. The molecular weight excluding hydrogens is 256 g/mol. The predicted octanol–water partition coefficient (Wildman–Crippen LogP) is 3.45. The molecular formula is C12H15ClN2OS. The summed E-state index contributed by atoms with van der Waals surface area (Å²) < 4.78 is 0. The van der Waals surface area contributed by atoms with Crippen LogP contribution in [0.15, 0.2) is 0 Å². The van der Waals surface area contributed by atoms with Gasteiger partial charge in [0.05, 0.1) is 5.56 Å². The van der Waals surface area contributed by atoms with Gasteiger partial charge in [0.2, 0.25) is 5.91 Å². The highest BCUT2D eigenvalue weighted by Crippen LogP contribution is 2.32. The van der Waals surface area contributed by atoms with E-state index in [1.54, 1.807) is 0 Å². The van der Waals surface area contributed by atoms with E-state index in [2.05, 4.69) is 11.4 Å². The van der Waals surface area contributed by atoms with Gasteiger partial charge < -0.3 is 5.32 Å². The lowest BCUT2D eigenvalue weighted by Gasteiger charge is -2.02. The third kappa shape index (κ3) is 3.45. The van der Waals surface area contributed by atoms with Crippen molar-refractivity contribution in [3.8, 4) is 6.07 Å². The van der Waals surface area contributed by atoms with Gasteiger partial charge in [0.1, 0.15) is 11.1 Å². The second-order valence-electron chi connectivity index (χ2n) is 3.65. The largest absolute Gasteiger partial charge is 0.317 e. The molecule has 1 N–H and O–H groups in total. The summed E-state index contributed by atoms with van der Waals surface area (Å²) in [5.74, 6) is 0.397. The molecule has 0 aliphatic heterocycles. The van der Waals surface area contributed by atoms with E-state index in [1.165, 1.54) is 11.3 Å². The van der Waals surface area contributed by atoms with Gasteiger partial charge in [0.15, 0.2) is 0 Å². The van der Waals surface area contributed by atoms with Crippen molar-refractivity contribution in [2.75, 3.05) is 11.2 Å². The lowest BCUT2D eigenvalue weighted by Crippen LogP contribution is -2.11. The van der Waals surface area contributed by atoms with Crippen molar-refractivity contribution in [3.63, 3.8) is 0 Å². The number of nitrogens with one attached hydrogen (secondary N) is 1. The molecule has 1 amide bonds. The van der Waals surface area contributed by atoms with E-state index in [1.807, 2.05) is 13.8 Å². The minimum Gasteiger partial charge on any atom is -0.317 e. The third-order valence-corrected chi connectivity index (χ3v) is 3.79. The summed E-state index contributed by atoms with van der Waals surface area (Å²) >= 11 is 6.99. The van der Waals surface area contributed by atoms with Gasteiger partial charge >= 0.3 is 0 Å². The number of amides is 1. The molecule has 17 heavy (non-hydrogen) atoms. The normalized spacial score (nSPS) is 10.0. The van der Waals surface area contributed by atoms with Crippen LogP contribution in [0.1, 0.15) is 35.8 Å². The summed E-state index contributed by atoms with van der Waals surface area (Å²) in [4.78, 5) is 12.7. The highest BCUT2D eigenvalue weighted by molar-refractivity contribution is 7.16. The molecule has 0 saturated heterocycles. The van der Waals surface area contributed by atoms with Gasteiger partial charge in [-0.05, 0) is 25.3 Å². The smallest absolute Gasteiger partial charge is 0.225 e. The topological polar surface area (TPSA) is 52.9 Å². The standard InChI is InChI=1S/C12H15ClN2OS/c1-3-9-8(2)17-12(10(9)7-14)15-11(16)5-4-6-13/h3-6H2,1-2H3,(H,15,16). The van der Waals surface area contributed by atoms with E-state index in [-0.39, 0.29) is 5.91 Å². The molecule has 0 radical (unpaired) electrons. The molecule has 1 rings (SSSR count). The van der Waals surface area contributed by atoms with Gasteiger partial charge in [-0.3, -0.25) is 4.79 Å². The maximum atomic E-state index is 11.6. The molecule has 0 atom stereocenters. The van der Waals surface area contributed by atoms with Crippen molar-refractivity contribution in [2.24, 2.45) is 0 Å². The number of alkyl halides is 1. The SMILES string of the molecule is CCc1c(C)sc(NC(=O)CCCCl)c1C#N. The molecule has 0 aliphatic carbocycles. The Labute approximate surface area is 110 Å². The summed E-state index contributed by atoms with van der Waals surface area (Å²) in [6.45, 7) is 3.98. The lowest BCUT2D eigenvalue weighted by molar-refractivity contribution is -0.116. The molecule has 1 heterocycles. The average Bonchev–Trinajstić information content (AvgIpc) is 2.61. The van der Waals surface area contributed by atoms with E-state index in [9.17, 15) is 4.79 Å². The molecule has 92 valence electrons. The van der Waals surface area contributed by atoms with Crippen LogP contribution in [0.3, 0.4) is 0 Å². The van der Waals surface area contributed by atoms with Crippen LogP contribution in [0.25, 0.3) is 0 Å². The fourth-order valence-electron chi connectivity index (χ4n) is 1.63. The number of thiophene rings is 1. The second-order valence-corrected chi connectivity index (χ2v) is 5.25. The molecule has 0 fully saturated rings. The predicted molar refractivity (Wildman–Crippen MR) is 71.7 cm³/mol. The fraction of sp³-hybridized carbons (Fsp3) is 0.500. The number of hydrogen-bond acceptors (Lipinski definition) is 3. The van der Waals surface area contributed by atoms with Gasteiger partial charge in [0, 0.05) is 17.2 Å². The van der Waals surface area contributed by atoms with Crippen LogP contribution in [0, 0.1) is 18.3 Å². The Balaban J connectivity index is 2.85. The van der Waals surface area contributed by atoms with E-state index in [0.29, 0.717) is 29.3 Å². The van der Waals surface area contributed by atoms with Crippen molar-refractivity contribution < 1.29 is 4.79 Å². The lowest BCUT2D eigenvalue weighted by atomic mass is 10.1. The van der Waals surface area contributed by atoms with Crippen LogP contribution >= 0.6 is 22.9 Å². The average molecular weight is 271 g/mol. The maximum Gasteiger partial charge on any atom is 0.225 e. The third-order valence-electron chi connectivity index (χ3n) is 2.46. The van der Waals surface area contributed by atoms with Crippen molar-refractivity contribution in [1.29, 1.82) is 5.26 Å². The minimum absolute atomic E-state index is 0.0777. The highest BCUT2D eigenvalue weighted by atomic mass is 35.5. The van der Waals surface area contributed by atoms with Crippen molar-refractivity contribution in [1.82, 2.24) is 0 Å². The zero-order valence-electron chi connectivity index (χ0n) is 9.97. The number of rotatable bonds is 5. The molecule has 3 nitrogen and oxygen atoms in total. The van der Waals surface area contributed by atoms with Gasteiger partial charge in [-0.25, -0.2) is 0 Å². The van der Waals surface area contributed by atoms with Crippen molar-refractivity contribution >= 4 is 33.8 Å². The fourth-order valence-corrected chi connectivity index (χ4v) is 2.87. The Kier molecular flexibility index (Phi) is 5.46. The Bertz CT molecular complexity index is 448. The van der Waals surface area contributed by atoms with Crippen LogP contribution in [0.2, 0.25) is 0 Å². The second kappa shape index (κ2) is 6.63. The summed E-state index contributed by atoms with van der Waals surface area (Å²) in [5.41, 5.74) is 1.64. The van der Waals surface area contributed by atoms with Crippen LogP contribution in [-0.4, -0.2) is 11.8 Å². The van der Waals surface area contributed by atoms with Crippen LogP contribution < -0.4 is 5.32 Å². The van der Waals surface area contributed by atoms with Crippen LogP contribution in [0.4, 0.5) is 5.00 Å². The van der Waals surface area contributed by atoms with Gasteiger partial charge in [-0.15, -0.1) is 22.9 Å². The first-order valence-electron chi connectivity index (χ1n) is 5.52. The zero-order valence-corrected chi connectivity index (χ0v) is 11.5. The number of anilines is 1. The molecule has 5 heteroatoms. The minimum atomic E-state index is -0.0777. The van der Waals surface area contributed by atoms with Gasteiger partial charge in [-0.2, -0.15) is 5.26 Å². The molecule has 0 bridgehead atoms. The highest BCUT2D eigenvalue weighted by Gasteiger charge is 2.15. The molecule has 0 aliphatic rings. The number of halogens is 1. The van der Waals surface area contributed by atoms with Crippen LogP contribution in [0.5, 0.6) is 0 Å². The van der Waals surface area contributed by atoms with Gasteiger partial charge in [-0.1, -0.05) is 6.92 Å². The Hall–Kier alpha value is -1.05. The first kappa shape index (κ1) is 14.0. The first-order chi connectivity index (χ1) is 8.13. The Morgan fingerprint density at radius 1 is 1.59 bits per heavy atom. The zero-order chi connectivity index (χ0) is 12.8. The van der Waals surface area contributed by atoms with Crippen molar-refractivity contribution in [3.05, 3.63) is 16.0 Å². The van der Waals surface area contributed by atoms with Crippen molar-refractivity contribution in [2.45, 2.75) is 33.1 Å². The molecule has 0 unspecified atom stereocenters. The molecule has 1 aromatic heterocycles. The molecule has 1 aromatic rings. The molecule has 0 saturated carbocycles. The number of carbonyl (C=O) groups excluding carboxylic acids is 1. The number of nitriles is 1. The summed E-state index contributed by atoms with van der Waals surface area (Å²) in [6, 6.07) is 2.17. The van der Waals surface area contributed by atoms with E-state index < -0.39 is 0 Å². The van der Waals surface area contributed by atoms with Gasteiger partial charge in [0.25, 0.3) is 0 Å². The number of aryl methyl sites for hydroxylation is 1. The molecule has 0 aromatic carbocycles.